The van der Waals surface area contributed by atoms with Gasteiger partial charge in [0.25, 0.3) is 0 Å². The van der Waals surface area contributed by atoms with Gasteiger partial charge in [-0.1, -0.05) is 17.7 Å². The minimum Gasteiger partial charge on any atom is -0.368 e. The van der Waals surface area contributed by atoms with Crippen molar-refractivity contribution in [2.75, 3.05) is 41.7 Å². The van der Waals surface area contributed by atoms with Gasteiger partial charge in [0.2, 0.25) is 0 Å². The molecule has 1 fully saturated rings. The van der Waals surface area contributed by atoms with Crippen LogP contribution in [0.25, 0.3) is 0 Å². The van der Waals surface area contributed by atoms with Crippen LogP contribution in [0.5, 0.6) is 0 Å². The fraction of sp³-hybridized carbons (Fsp3) is 0.450. The van der Waals surface area contributed by atoms with E-state index in [1.54, 1.807) is 6.07 Å². The summed E-state index contributed by atoms with van der Waals surface area (Å²) in [5.74, 6) is 2.49. The fourth-order valence-electron chi connectivity index (χ4n) is 3.14. The molecule has 0 bridgehead atoms. The van der Waals surface area contributed by atoms with Gasteiger partial charge in [0.05, 0.1) is 0 Å². The minimum absolute atomic E-state index is 0.269. The molecule has 0 aliphatic carbocycles. The van der Waals surface area contributed by atoms with Gasteiger partial charge in [-0.25, -0.2) is 14.8 Å². The average Bonchev–Trinajstić information content (AvgIpc) is 2.68. The molecule has 0 atom stereocenters. The summed E-state index contributed by atoms with van der Waals surface area (Å²) in [4.78, 5) is 23.3. The van der Waals surface area contributed by atoms with Crippen LogP contribution in [-0.2, 0) is 0 Å². The lowest BCUT2D eigenvalue weighted by Crippen LogP contribution is -2.33. The molecule has 3 N–H and O–H groups in total. The number of anilines is 3. The number of carbonyl (C=O) groups is 1. The second-order valence-electron chi connectivity index (χ2n) is 6.98. The summed E-state index contributed by atoms with van der Waals surface area (Å²) in [7, 11) is 0. The van der Waals surface area contributed by atoms with Crippen LogP contribution in [0.1, 0.15) is 30.7 Å². The smallest absolute Gasteiger partial charge is 0.319 e. The van der Waals surface area contributed by atoms with Gasteiger partial charge >= 0.3 is 6.03 Å². The highest BCUT2D eigenvalue weighted by molar-refractivity contribution is 6.31. The zero-order chi connectivity index (χ0) is 19.9. The molecule has 8 heteroatoms. The van der Waals surface area contributed by atoms with Crippen LogP contribution >= 0.6 is 11.6 Å². The highest BCUT2D eigenvalue weighted by Gasteiger charge is 2.13. The molecule has 1 saturated heterocycles. The molecule has 0 spiro atoms. The summed E-state index contributed by atoms with van der Waals surface area (Å²) in [5, 5.41) is 9.48. The molecule has 0 saturated carbocycles. The number of nitrogens with one attached hydrogen (secondary N) is 3. The molecule has 1 aliphatic rings. The van der Waals surface area contributed by atoms with Crippen LogP contribution in [0, 0.1) is 13.8 Å². The van der Waals surface area contributed by atoms with Gasteiger partial charge in [0, 0.05) is 43.0 Å². The van der Waals surface area contributed by atoms with E-state index in [0.29, 0.717) is 23.8 Å². The molecule has 0 radical (unpaired) electrons. The number of urea groups is 1. The monoisotopic (exact) mass is 402 g/mol. The Morgan fingerprint density at radius 2 is 1.89 bits per heavy atom. The van der Waals surface area contributed by atoms with Crippen molar-refractivity contribution in [2.24, 2.45) is 0 Å². The van der Waals surface area contributed by atoms with Crippen molar-refractivity contribution in [1.29, 1.82) is 0 Å². The summed E-state index contributed by atoms with van der Waals surface area (Å²) in [5.41, 5.74) is 1.64. The van der Waals surface area contributed by atoms with Crippen molar-refractivity contribution in [3.8, 4) is 0 Å². The predicted molar refractivity (Wildman–Crippen MR) is 115 cm³/mol. The van der Waals surface area contributed by atoms with Crippen LogP contribution in [-0.4, -0.2) is 42.2 Å². The standard InChI is InChI=1S/C20H27ClN6O/c1-14-6-7-16(12-17(14)21)26-20(28)23-9-8-22-18-13-19(25-15(2)24-18)27-10-4-3-5-11-27/h6-7,12-13H,3-5,8-11H2,1-2H3,(H,22,24,25)(H2,23,26,28). The Morgan fingerprint density at radius 1 is 1.11 bits per heavy atom. The van der Waals surface area contributed by atoms with E-state index in [1.165, 1.54) is 19.3 Å². The zero-order valence-corrected chi connectivity index (χ0v) is 17.1. The first-order valence-electron chi connectivity index (χ1n) is 9.67. The van der Waals surface area contributed by atoms with Gasteiger partial charge in [-0.2, -0.15) is 0 Å². The van der Waals surface area contributed by atoms with Crippen molar-refractivity contribution in [2.45, 2.75) is 33.1 Å². The highest BCUT2D eigenvalue weighted by atomic mass is 35.5. The van der Waals surface area contributed by atoms with Crippen molar-refractivity contribution in [3.05, 3.63) is 40.7 Å². The Hall–Kier alpha value is -2.54. The number of hydrogen-bond acceptors (Lipinski definition) is 5. The Balaban J connectivity index is 1.46. The van der Waals surface area contributed by atoms with Crippen LogP contribution in [0.4, 0.5) is 22.1 Å². The average molecular weight is 403 g/mol. The summed E-state index contributed by atoms with van der Waals surface area (Å²) in [6, 6.07) is 7.14. The van der Waals surface area contributed by atoms with E-state index in [9.17, 15) is 4.79 Å². The van der Waals surface area contributed by atoms with E-state index in [4.69, 9.17) is 11.6 Å². The second-order valence-corrected chi connectivity index (χ2v) is 7.39. The molecule has 28 heavy (non-hydrogen) atoms. The van der Waals surface area contributed by atoms with Gasteiger partial charge in [-0.15, -0.1) is 0 Å². The number of piperidine rings is 1. The van der Waals surface area contributed by atoms with Crippen LogP contribution in [0.2, 0.25) is 5.02 Å². The minimum atomic E-state index is -0.269. The molecule has 1 aliphatic heterocycles. The van der Waals surface area contributed by atoms with Crippen molar-refractivity contribution in [3.63, 3.8) is 0 Å². The third-order valence-electron chi connectivity index (χ3n) is 4.65. The first-order valence-corrected chi connectivity index (χ1v) is 10.0. The molecule has 0 unspecified atom stereocenters. The summed E-state index contributed by atoms with van der Waals surface area (Å²) in [6.07, 6.45) is 3.70. The number of aryl methyl sites for hydroxylation is 2. The fourth-order valence-corrected chi connectivity index (χ4v) is 3.32. The first kappa shape index (κ1) is 20.2. The number of halogens is 1. The van der Waals surface area contributed by atoms with Gasteiger partial charge in [0.1, 0.15) is 17.5 Å². The zero-order valence-electron chi connectivity index (χ0n) is 16.4. The largest absolute Gasteiger partial charge is 0.368 e. The molecule has 2 aromatic rings. The molecule has 150 valence electrons. The Bertz CT molecular complexity index is 822. The van der Waals surface area contributed by atoms with Gasteiger partial charge in [-0.05, 0) is 50.8 Å². The molecular formula is C20H27ClN6O. The van der Waals surface area contributed by atoms with Gasteiger partial charge in [0.15, 0.2) is 0 Å². The third-order valence-corrected chi connectivity index (χ3v) is 5.06. The van der Waals surface area contributed by atoms with E-state index < -0.39 is 0 Å². The maximum Gasteiger partial charge on any atom is 0.319 e. The number of aromatic nitrogens is 2. The van der Waals surface area contributed by atoms with Crippen molar-refractivity contribution < 1.29 is 4.79 Å². The number of benzene rings is 1. The molecule has 1 aromatic carbocycles. The van der Waals surface area contributed by atoms with Crippen LogP contribution in [0.3, 0.4) is 0 Å². The Kier molecular flexibility index (Phi) is 6.92. The molecule has 3 rings (SSSR count). The summed E-state index contributed by atoms with van der Waals surface area (Å²) < 4.78 is 0. The number of amides is 2. The second kappa shape index (κ2) is 9.59. The Labute approximate surface area is 170 Å². The maximum atomic E-state index is 12.0. The number of rotatable bonds is 6. The van der Waals surface area contributed by atoms with E-state index in [0.717, 1.165) is 36.1 Å². The summed E-state index contributed by atoms with van der Waals surface area (Å²) in [6.45, 7) is 6.94. The predicted octanol–water partition coefficient (Wildman–Crippen LogP) is 3.97. The normalized spacial score (nSPS) is 13.9. The number of carbonyl (C=O) groups excluding carboxylic acids is 1. The quantitative estimate of drug-likeness (QED) is 0.637. The van der Waals surface area contributed by atoms with Crippen LogP contribution < -0.4 is 20.9 Å². The Morgan fingerprint density at radius 3 is 2.64 bits per heavy atom. The lowest BCUT2D eigenvalue weighted by atomic mass is 10.1. The van der Waals surface area contributed by atoms with E-state index >= 15 is 0 Å². The molecular weight excluding hydrogens is 376 g/mol. The summed E-state index contributed by atoms with van der Waals surface area (Å²) >= 11 is 6.08. The molecule has 7 nitrogen and oxygen atoms in total. The molecule has 2 amide bonds. The lowest BCUT2D eigenvalue weighted by molar-refractivity contribution is 0.252. The van der Waals surface area contributed by atoms with Crippen molar-refractivity contribution in [1.82, 2.24) is 15.3 Å². The van der Waals surface area contributed by atoms with Crippen molar-refractivity contribution >= 4 is 35.0 Å². The molecule has 1 aromatic heterocycles. The lowest BCUT2D eigenvalue weighted by Gasteiger charge is -2.28. The highest BCUT2D eigenvalue weighted by Crippen LogP contribution is 2.21. The van der Waals surface area contributed by atoms with Gasteiger partial charge in [-0.3, -0.25) is 0 Å². The number of nitrogens with zero attached hydrogens (tertiary/aromatic N) is 3. The van der Waals surface area contributed by atoms with Gasteiger partial charge < -0.3 is 20.9 Å². The van der Waals surface area contributed by atoms with E-state index in [-0.39, 0.29) is 6.03 Å². The van der Waals surface area contributed by atoms with Crippen LogP contribution in [0.15, 0.2) is 24.3 Å². The SMILES string of the molecule is Cc1nc(NCCNC(=O)Nc2ccc(C)c(Cl)c2)cc(N2CCCCC2)n1. The first-order chi connectivity index (χ1) is 13.5. The maximum absolute atomic E-state index is 12.0. The molecule has 2 heterocycles. The van der Waals surface area contributed by atoms with E-state index in [1.807, 2.05) is 32.0 Å². The van der Waals surface area contributed by atoms with E-state index in [2.05, 4.69) is 30.8 Å². The topological polar surface area (TPSA) is 82.2 Å². The third kappa shape index (κ3) is 5.73. The number of hydrogen-bond donors (Lipinski definition) is 3.